The normalized spacial score (nSPS) is 14.6. The average molecular weight is 446 g/mol. The average Bonchev–Trinajstić information content (AvgIpc) is 3.07. The Labute approximate surface area is 171 Å². The second-order valence-corrected chi connectivity index (χ2v) is 9.02. The summed E-state index contributed by atoms with van der Waals surface area (Å²) in [5, 5.41) is 6.29. The minimum Gasteiger partial charge on any atom is -0.376 e. The molecule has 1 amide bonds. The molecule has 0 aliphatic carbocycles. The van der Waals surface area contributed by atoms with Crippen LogP contribution in [0.15, 0.2) is 29.2 Å². The minimum absolute atomic E-state index is 0.0396. The van der Waals surface area contributed by atoms with Crippen molar-refractivity contribution < 1.29 is 31.1 Å². The molecule has 1 aliphatic heterocycles. The number of rotatable bonds is 6. The smallest absolute Gasteiger partial charge is 0.376 e. The van der Waals surface area contributed by atoms with Gasteiger partial charge in [0.1, 0.15) is 0 Å². The van der Waals surface area contributed by atoms with Gasteiger partial charge in [-0.1, -0.05) is 0 Å². The Morgan fingerprint density at radius 1 is 1.27 bits per heavy atom. The third-order valence-corrected chi connectivity index (χ3v) is 6.50. The lowest BCUT2D eigenvalue weighted by Crippen LogP contribution is -2.28. The number of nitrogens with one attached hydrogen (secondary N) is 1. The Hall–Kier alpha value is -2.44. The Morgan fingerprint density at radius 3 is 2.53 bits per heavy atom. The zero-order valence-electron chi connectivity index (χ0n) is 16.4. The van der Waals surface area contributed by atoms with Crippen LogP contribution in [0, 0.1) is 0 Å². The third-order valence-electron chi connectivity index (χ3n) is 4.67. The van der Waals surface area contributed by atoms with E-state index in [2.05, 4.69) is 10.4 Å². The molecule has 2 aromatic rings. The first-order chi connectivity index (χ1) is 14.0. The van der Waals surface area contributed by atoms with E-state index in [1.165, 1.54) is 43.0 Å². The van der Waals surface area contributed by atoms with Crippen LogP contribution in [0.3, 0.4) is 0 Å². The van der Waals surface area contributed by atoms with E-state index in [-0.39, 0.29) is 35.7 Å². The Kier molecular flexibility index (Phi) is 6.20. The minimum atomic E-state index is -4.58. The fourth-order valence-electron chi connectivity index (χ4n) is 3.09. The van der Waals surface area contributed by atoms with Gasteiger partial charge in [0.05, 0.1) is 24.7 Å². The lowest BCUT2D eigenvalue weighted by molar-refractivity contribution is -0.142. The third kappa shape index (κ3) is 4.50. The van der Waals surface area contributed by atoms with Crippen molar-refractivity contribution in [3.63, 3.8) is 0 Å². The van der Waals surface area contributed by atoms with Gasteiger partial charge in [-0.05, 0) is 24.3 Å². The van der Waals surface area contributed by atoms with Crippen LogP contribution < -0.4 is 5.32 Å². The zero-order chi connectivity index (χ0) is 22.1. The zero-order valence-corrected chi connectivity index (χ0v) is 17.2. The molecular formula is C18H21F3N4O4S. The van der Waals surface area contributed by atoms with Crippen molar-refractivity contribution in [3.05, 3.63) is 46.8 Å². The SMILES string of the molecule is CN(C)S(=O)(=O)c1ccc(C(=O)NCCn2nc(C(F)(F)F)c3c2CCOC3)cc1. The van der Waals surface area contributed by atoms with Crippen molar-refractivity contribution in [3.8, 4) is 0 Å². The van der Waals surface area contributed by atoms with E-state index in [1.54, 1.807) is 0 Å². The predicted molar refractivity (Wildman–Crippen MR) is 100 cm³/mol. The molecule has 1 aromatic carbocycles. The van der Waals surface area contributed by atoms with Crippen LogP contribution >= 0.6 is 0 Å². The highest BCUT2D eigenvalue weighted by Crippen LogP contribution is 2.34. The number of benzene rings is 1. The first kappa shape index (κ1) is 22.2. The van der Waals surface area contributed by atoms with Crippen LogP contribution in [0.4, 0.5) is 13.2 Å². The maximum Gasteiger partial charge on any atom is 0.435 e. The monoisotopic (exact) mass is 446 g/mol. The molecule has 0 bridgehead atoms. The number of sulfonamides is 1. The number of fused-ring (bicyclic) bond motifs is 1. The first-order valence-electron chi connectivity index (χ1n) is 9.06. The number of carbonyl (C=O) groups excluding carboxylic acids is 1. The molecule has 0 saturated heterocycles. The van der Waals surface area contributed by atoms with Gasteiger partial charge in [0.2, 0.25) is 10.0 Å². The summed E-state index contributed by atoms with van der Waals surface area (Å²) in [7, 11) is -0.797. The van der Waals surface area contributed by atoms with Crippen LogP contribution in [-0.4, -0.2) is 55.7 Å². The highest BCUT2D eigenvalue weighted by molar-refractivity contribution is 7.89. The van der Waals surface area contributed by atoms with E-state index in [4.69, 9.17) is 4.74 Å². The summed E-state index contributed by atoms with van der Waals surface area (Å²) in [5.41, 5.74) is -0.223. The Morgan fingerprint density at radius 2 is 1.93 bits per heavy atom. The maximum absolute atomic E-state index is 13.2. The number of nitrogens with zero attached hydrogens (tertiary/aromatic N) is 3. The largest absolute Gasteiger partial charge is 0.435 e. The van der Waals surface area contributed by atoms with Crippen molar-refractivity contribution in [1.29, 1.82) is 0 Å². The number of aromatic nitrogens is 2. The Bertz CT molecular complexity index is 1030. The molecule has 8 nitrogen and oxygen atoms in total. The van der Waals surface area contributed by atoms with Gasteiger partial charge < -0.3 is 10.1 Å². The standard InChI is InChI=1S/C18H21F3N4O4S/c1-24(2)30(27,28)13-5-3-12(4-6-13)17(26)22-8-9-25-15-7-10-29-11-14(15)16(23-25)18(19,20)21/h3-6H,7-11H2,1-2H3,(H,22,26). The van der Waals surface area contributed by atoms with Crippen molar-refractivity contribution in [2.24, 2.45) is 0 Å². The molecule has 30 heavy (non-hydrogen) atoms. The molecular weight excluding hydrogens is 425 g/mol. The summed E-state index contributed by atoms with van der Waals surface area (Å²) < 4.78 is 71.1. The van der Waals surface area contributed by atoms with Gasteiger partial charge in [-0.15, -0.1) is 0 Å². The molecule has 3 rings (SSSR count). The molecule has 1 N–H and O–H groups in total. The van der Waals surface area contributed by atoms with Crippen molar-refractivity contribution in [2.45, 2.75) is 30.6 Å². The van der Waals surface area contributed by atoms with Crippen LogP contribution in [0.2, 0.25) is 0 Å². The summed E-state index contributed by atoms with van der Waals surface area (Å²) in [5.74, 6) is -0.468. The fourth-order valence-corrected chi connectivity index (χ4v) is 3.99. The van der Waals surface area contributed by atoms with E-state index in [0.717, 1.165) is 4.31 Å². The van der Waals surface area contributed by atoms with Crippen LogP contribution in [0.5, 0.6) is 0 Å². The summed E-state index contributed by atoms with van der Waals surface area (Å²) >= 11 is 0. The van der Waals surface area contributed by atoms with E-state index >= 15 is 0 Å². The second kappa shape index (κ2) is 8.36. The molecule has 0 spiro atoms. The number of alkyl halides is 3. The van der Waals surface area contributed by atoms with Gasteiger partial charge >= 0.3 is 6.18 Å². The Balaban J connectivity index is 1.66. The molecule has 0 unspecified atom stereocenters. The molecule has 0 fully saturated rings. The highest BCUT2D eigenvalue weighted by atomic mass is 32.2. The van der Waals surface area contributed by atoms with Crippen LogP contribution in [0.25, 0.3) is 0 Å². The summed E-state index contributed by atoms with van der Waals surface area (Å²) in [4.78, 5) is 12.3. The molecule has 12 heteroatoms. The first-order valence-corrected chi connectivity index (χ1v) is 10.5. The van der Waals surface area contributed by atoms with Crippen molar-refractivity contribution in [2.75, 3.05) is 27.2 Å². The number of hydrogen-bond acceptors (Lipinski definition) is 5. The molecule has 1 aromatic heterocycles. The summed E-state index contributed by atoms with van der Waals surface area (Å²) in [6.07, 6.45) is -4.26. The quantitative estimate of drug-likeness (QED) is 0.729. The lowest BCUT2D eigenvalue weighted by atomic mass is 10.1. The van der Waals surface area contributed by atoms with E-state index in [9.17, 15) is 26.4 Å². The summed E-state index contributed by atoms with van der Waals surface area (Å²) in [6.45, 7) is 0.295. The summed E-state index contributed by atoms with van der Waals surface area (Å²) in [6, 6.07) is 5.40. The fraction of sp³-hybridized carbons (Fsp3) is 0.444. The van der Waals surface area contributed by atoms with E-state index in [0.29, 0.717) is 18.7 Å². The van der Waals surface area contributed by atoms with Gasteiger partial charge in [-0.25, -0.2) is 12.7 Å². The van der Waals surface area contributed by atoms with Crippen molar-refractivity contribution >= 4 is 15.9 Å². The molecule has 2 heterocycles. The molecule has 0 atom stereocenters. The molecule has 0 radical (unpaired) electrons. The number of ether oxygens (including phenoxy) is 1. The van der Waals surface area contributed by atoms with Gasteiger partial charge in [-0.3, -0.25) is 9.48 Å². The van der Waals surface area contributed by atoms with Crippen LogP contribution in [-0.2, 0) is 40.5 Å². The molecule has 0 saturated carbocycles. The van der Waals surface area contributed by atoms with E-state index < -0.39 is 27.8 Å². The van der Waals surface area contributed by atoms with Gasteiger partial charge in [0.15, 0.2) is 5.69 Å². The van der Waals surface area contributed by atoms with Gasteiger partial charge in [-0.2, -0.15) is 18.3 Å². The lowest BCUT2D eigenvalue weighted by Gasteiger charge is -2.15. The van der Waals surface area contributed by atoms with Gasteiger partial charge in [0.25, 0.3) is 5.91 Å². The molecule has 1 aliphatic rings. The number of amides is 1. The molecule has 164 valence electrons. The second-order valence-electron chi connectivity index (χ2n) is 6.87. The van der Waals surface area contributed by atoms with Crippen LogP contribution in [0.1, 0.15) is 27.3 Å². The predicted octanol–water partition coefficient (Wildman–Crippen LogP) is 1.65. The van der Waals surface area contributed by atoms with Gasteiger partial charge in [0, 0.05) is 43.9 Å². The topological polar surface area (TPSA) is 93.5 Å². The van der Waals surface area contributed by atoms with E-state index in [1.807, 2.05) is 0 Å². The highest BCUT2D eigenvalue weighted by Gasteiger charge is 2.39. The number of hydrogen-bond donors (Lipinski definition) is 1. The maximum atomic E-state index is 13.2. The van der Waals surface area contributed by atoms with Crippen molar-refractivity contribution in [1.82, 2.24) is 19.4 Å². The number of carbonyl (C=O) groups is 1. The number of halogens is 3.